The van der Waals surface area contributed by atoms with E-state index in [1.54, 1.807) is 24.7 Å². The van der Waals surface area contributed by atoms with E-state index in [1.807, 2.05) is 55.1 Å². The standard InChI is InChI=1S/C22H29N5O2/c1-4-27(19-9-13-26(16-19)21(28)6-5-12-25(2)3)20-14-18(15-24-22(20)29)17-7-10-23-11-8-17/h5-8,10-11,14-15,19H,4,9,12-13,16H2,1-3H3,(H,24,29)/b6-5+/t19-/m1/s1. The molecule has 1 amide bonds. The van der Waals surface area contributed by atoms with Gasteiger partial charge in [-0.15, -0.1) is 0 Å². The van der Waals surface area contributed by atoms with Gasteiger partial charge in [-0.3, -0.25) is 14.6 Å². The van der Waals surface area contributed by atoms with Gasteiger partial charge in [0.2, 0.25) is 5.91 Å². The topological polar surface area (TPSA) is 72.5 Å². The number of likely N-dealkylation sites (tertiary alicyclic amines) is 1. The van der Waals surface area contributed by atoms with Crippen LogP contribution in [0.15, 0.2) is 53.7 Å². The Morgan fingerprint density at radius 1 is 1.31 bits per heavy atom. The van der Waals surface area contributed by atoms with Crippen LogP contribution in [0.25, 0.3) is 11.1 Å². The molecular formula is C22H29N5O2. The zero-order valence-corrected chi connectivity index (χ0v) is 17.3. The van der Waals surface area contributed by atoms with Crippen molar-refractivity contribution < 1.29 is 4.79 Å². The van der Waals surface area contributed by atoms with Gasteiger partial charge in [0.15, 0.2) is 0 Å². The van der Waals surface area contributed by atoms with Gasteiger partial charge in [-0.05, 0) is 51.2 Å². The van der Waals surface area contributed by atoms with Crippen molar-refractivity contribution in [1.82, 2.24) is 19.8 Å². The van der Waals surface area contributed by atoms with Crippen molar-refractivity contribution in [1.29, 1.82) is 0 Å². The van der Waals surface area contributed by atoms with Gasteiger partial charge in [0.05, 0.1) is 0 Å². The number of nitrogens with one attached hydrogen (secondary N) is 1. The molecule has 0 bridgehead atoms. The molecule has 1 aliphatic heterocycles. The fraction of sp³-hybridized carbons (Fsp3) is 0.409. The Balaban J connectivity index is 1.76. The summed E-state index contributed by atoms with van der Waals surface area (Å²) in [6.07, 6.45) is 9.59. The fourth-order valence-corrected chi connectivity index (χ4v) is 3.69. The zero-order valence-electron chi connectivity index (χ0n) is 17.3. The maximum absolute atomic E-state index is 12.6. The lowest BCUT2D eigenvalue weighted by atomic mass is 10.1. The van der Waals surface area contributed by atoms with Crippen LogP contribution in [0.2, 0.25) is 0 Å². The molecule has 1 fully saturated rings. The number of pyridine rings is 2. The molecule has 1 N–H and O–H groups in total. The van der Waals surface area contributed by atoms with E-state index < -0.39 is 0 Å². The Kier molecular flexibility index (Phi) is 6.82. The molecule has 1 aliphatic rings. The van der Waals surface area contributed by atoms with Crippen LogP contribution in [-0.4, -0.2) is 72.0 Å². The van der Waals surface area contributed by atoms with Crippen molar-refractivity contribution >= 4 is 11.6 Å². The van der Waals surface area contributed by atoms with Crippen molar-refractivity contribution in [3.8, 4) is 11.1 Å². The summed E-state index contributed by atoms with van der Waals surface area (Å²) < 4.78 is 0. The highest BCUT2D eigenvalue weighted by atomic mass is 16.2. The second-order valence-electron chi connectivity index (χ2n) is 7.52. The summed E-state index contributed by atoms with van der Waals surface area (Å²) in [5.41, 5.74) is 2.48. The van der Waals surface area contributed by atoms with Crippen molar-refractivity contribution in [2.75, 3.05) is 45.2 Å². The van der Waals surface area contributed by atoms with Crippen LogP contribution >= 0.6 is 0 Å². The van der Waals surface area contributed by atoms with Crippen LogP contribution in [0.4, 0.5) is 5.69 Å². The molecule has 7 heteroatoms. The summed E-state index contributed by atoms with van der Waals surface area (Å²) in [5, 5.41) is 0. The summed E-state index contributed by atoms with van der Waals surface area (Å²) in [7, 11) is 3.94. The van der Waals surface area contributed by atoms with E-state index in [9.17, 15) is 9.59 Å². The minimum absolute atomic E-state index is 0.0323. The Bertz CT molecular complexity index is 907. The average molecular weight is 396 g/mol. The highest BCUT2D eigenvalue weighted by Gasteiger charge is 2.30. The molecule has 0 unspecified atom stereocenters. The molecular weight excluding hydrogens is 366 g/mol. The fourth-order valence-electron chi connectivity index (χ4n) is 3.69. The molecule has 2 aromatic heterocycles. The van der Waals surface area contributed by atoms with Gasteiger partial charge in [0.25, 0.3) is 5.56 Å². The van der Waals surface area contributed by atoms with Crippen molar-refractivity contribution in [2.45, 2.75) is 19.4 Å². The van der Waals surface area contributed by atoms with Crippen LogP contribution in [0.1, 0.15) is 13.3 Å². The van der Waals surface area contributed by atoms with E-state index in [4.69, 9.17) is 0 Å². The van der Waals surface area contributed by atoms with Gasteiger partial charge < -0.3 is 19.7 Å². The third-order valence-electron chi connectivity index (χ3n) is 5.19. The highest BCUT2D eigenvalue weighted by molar-refractivity contribution is 5.88. The van der Waals surface area contributed by atoms with Gasteiger partial charge in [-0.2, -0.15) is 0 Å². The van der Waals surface area contributed by atoms with E-state index in [0.29, 0.717) is 25.3 Å². The number of likely N-dealkylation sites (N-methyl/N-ethyl adjacent to an activating group) is 2. The maximum Gasteiger partial charge on any atom is 0.271 e. The largest absolute Gasteiger partial charge is 0.363 e. The summed E-state index contributed by atoms with van der Waals surface area (Å²) in [6.45, 7) is 4.81. The predicted octanol–water partition coefficient (Wildman–Crippen LogP) is 1.98. The summed E-state index contributed by atoms with van der Waals surface area (Å²) >= 11 is 0. The third kappa shape index (κ3) is 5.12. The lowest BCUT2D eigenvalue weighted by molar-refractivity contribution is -0.125. The number of carbonyl (C=O) groups excluding carboxylic acids is 1. The highest BCUT2D eigenvalue weighted by Crippen LogP contribution is 2.25. The molecule has 0 spiro atoms. The summed E-state index contributed by atoms with van der Waals surface area (Å²) in [4.78, 5) is 37.9. The van der Waals surface area contributed by atoms with Gasteiger partial charge in [0.1, 0.15) is 5.69 Å². The van der Waals surface area contributed by atoms with Crippen LogP contribution in [0.5, 0.6) is 0 Å². The summed E-state index contributed by atoms with van der Waals surface area (Å²) in [5.74, 6) is 0.0323. The Hall–Kier alpha value is -2.93. The van der Waals surface area contributed by atoms with E-state index in [0.717, 1.165) is 24.1 Å². The molecule has 1 atom stereocenters. The molecule has 2 aromatic rings. The number of rotatable bonds is 7. The second kappa shape index (κ2) is 9.52. The summed E-state index contributed by atoms with van der Waals surface area (Å²) in [6, 6.07) is 5.90. The number of amides is 1. The normalized spacial score (nSPS) is 16.7. The van der Waals surface area contributed by atoms with Gasteiger partial charge in [-0.1, -0.05) is 6.08 Å². The van der Waals surface area contributed by atoms with E-state index in [-0.39, 0.29) is 17.5 Å². The third-order valence-corrected chi connectivity index (χ3v) is 5.19. The number of anilines is 1. The second-order valence-corrected chi connectivity index (χ2v) is 7.52. The molecule has 0 aliphatic carbocycles. The van der Waals surface area contributed by atoms with E-state index in [1.165, 1.54) is 0 Å². The molecule has 3 heterocycles. The molecule has 1 saturated heterocycles. The average Bonchev–Trinajstić information content (AvgIpc) is 3.20. The first-order valence-corrected chi connectivity index (χ1v) is 9.99. The van der Waals surface area contributed by atoms with Crippen molar-refractivity contribution in [2.24, 2.45) is 0 Å². The minimum atomic E-state index is -0.111. The minimum Gasteiger partial charge on any atom is -0.363 e. The number of H-pyrrole nitrogens is 1. The Morgan fingerprint density at radius 3 is 2.76 bits per heavy atom. The van der Waals surface area contributed by atoms with Gasteiger partial charge in [0, 0.05) is 62.5 Å². The quantitative estimate of drug-likeness (QED) is 0.726. The van der Waals surface area contributed by atoms with Crippen molar-refractivity contribution in [3.63, 3.8) is 0 Å². The predicted molar refractivity (Wildman–Crippen MR) is 116 cm³/mol. The SMILES string of the molecule is CCN(c1cc(-c2ccncc2)c[nH]c1=O)[C@@H]1CCN(C(=O)/C=C/CN(C)C)C1. The number of aromatic amines is 1. The number of hydrogen-bond donors (Lipinski definition) is 1. The Labute approximate surface area is 171 Å². The van der Waals surface area contributed by atoms with Crippen molar-refractivity contribution in [3.05, 3.63) is 59.3 Å². The Morgan fingerprint density at radius 2 is 2.07 bits per heavy atom. The molecule has 29 heavy (non-hydrogen) atoms. The van der Waals surface area contributed by atoms with Gasteiger partial charge >= 0.3 is 0 Å². The maximum atomic E-state index is 12.6. The smallest absolute Gasteiger partial charge is 0.271 e. The van der Waals surface area contributed by atoms with E-state index in [2.05, 4.69) is 14.9 Å². The first-order chi connectivity index (χ1) is 14.0. The number of hydrogen-bond acceptors (Lipinski definition) is 5. The molecule has 3 rings (SSSR count). The molecule has 0 aromatic carbocycles. The van der Waals surface area contributed by atoms with Crippen LogP contribution in [-0.2, 0) is 4.79 Å². The molecule has 0 radical (unpaired) electrons. The first kappa shape index (κ1) is 20.8. The zero-order chi connectivity index (χ0) is 20.8. The van der Waals surface area contributed by atoms with Crippen LogP contribution in [0.3, 0.4) is 0 Å². The monoisotopic (exact) mass is 395 g/mol. The number of nitrogens with zero attached hydrogens (tertiary/aromatic N) is 4. The molecule has 7 nitrogen and oxygen atoms in total. The molecule has 154 valence electrons. The lowest BCUT2D eigenvalue weighted by Crippen LogP contribution is -2.41. The van der Waals surface area contributed by atoms with Crippen LogP contribution < -0.4 is 10.5 Å². The number of aromatic nitrogens is 2. The first-order valence-electron chi connectivity index (χ1n) is 9.99. The number of carbonyl (C=O) groups is 1. The van der Waals surface area contributed by atoms with Gasteiger partial charge in [-0.25, -0.2) is 0 Å². The molecule has 0 saturated carbocycles. The van der Waals surface area contributed by atoms with E-state index >= 15 is 0 Å². The lowest BCUT2D eigenvalue weighted by Gasteiger charge is -2.29. The van der Waals surface area contributed by atoms with Crippen LogP contribution in [0, 0.1) is 0 Å².